The van der Waals surface area contributed by atoms with E-state index in [0.29, 0.717) is 5.15 Å². The molecule has 2 heterocycles. The number of thiophene rings is 1. The lowest BCUT2D eigenvalue weighted by Crippen LogP contribution is -1.96. The maximum Gasteiger partial charge on any atom is 0.159 e. The third kappa shape index (κ3) is 2.04. The number of hydrogen-bond acceptors (Lipinski definition) is 3. The summed E-state index contributed by atoms with van der Waals surface area (Å²) in [5.41, 5.74) is 2.24. The first-order valence-corrected chi connectivity index (χ1v) is 6.57. The highest BCUT2D eigenvalue weighted by atomic mass is 35.5. The van der Waals surface area contributed by atoms with Crippen LogP contribution in [0.4, 0.5) is 0 Å². The zero-order chi connectivity index (χ0) is 11.7. The molecule has 0 aliphatic carbocycles. The molecule has 4 heteroatoms. The zero-order valence-corrected chi connectivity index (χ0v) is 10.5. The van der Waals surface area contributed by atoms with Gasteiger partial charge in [-0.15, -0.1) is 5.10 Å². The molecule has 0 aliphatic heterocycles. The molecule has 17 heavy (non-hydrogen) atoms. The second kappa shape index (κ2) is 4.43. The Bertz CT molecular complexity index is 650. The van der Waals surface area contributed by atoms with Gasteiger partial charge in [0.1, 0.15) is 0 Å². The minimum atomic E-state index is 0.467. The van der Waals surface area contributed by atoms with Gasteiger partial charge in [0.2, 0.25) is 0 Å². The number of nitrogens with zero attached hydrogens (tertiary/aromatic N) is 2. The summed E-state index contributed by atoms with van der Waals surface area (Å²) in [6, 6.07) is 10.1. The van der Waals surface area contributed by atoms with Gasteiger partial charge in [-0.05, 0) is 22.4 Å². The van der Waals surface area contributed by atoms with Crippen LogP contribution in [0.2, 0.25) is 5.15 Å². The Hall–Kier alpha value is -1.45. The third-order valence-electron chi connectivity index (χ3n) is 2.67. The number of hydrogen-bond donors (Lipinski definition) is 0. The van der Waals surface area contributed by atoms with E-state index in [1.807, 2.05) is 24.3 Å². The minimum Gasteiger partial charge on any atom is -0.153 e. The second-order valence-electron chi connectivity index (χ2n) is 3.79. The van der Waals surface area contributed by atoms with Gasteiger partial charge in [0, 0.05) is 17.2 Å². The highest BCUT2D eigenvalue weighted by Crippen LogP contribution is 2.24. The fraction of sp³-hybridized carbons (Fsp3) is 0.0769. The van der Waals surface area contributed by atoms with E-state index >= 15 is 0 Å². The molecular weight excluding hydrogens is 252 g/mol. The Balaban J connectivity index is 2.14. The van der Waals surface area contributed by atoms with Crippen molar-refractivity contribution in [2.45, 2.75) is 6.42 Å². The molecule has 0 bridgehead atoms. The van der Waals surface area contributed by atoms with Crippen LogP contribution in [0.25, 0.3) is 10.8 Å². The number of halogens is 1. The average Bonchev–Trinajstić information content (AvgIpc) is 2.86. The van der Waals surface area contributed by atoms with E-state index in [1.165, 1.54) is 5.56 Å². The fourth-order valence-corrected chi connectivity index (χ4v) is 2.72. The average molecular weight is 261 g/mol. The van der Waals surface area contributed by atoms with Crippen molar-refractivity contribution in [3.63, 3.8) is 0 Å². The van der Waals surface area contributed by atoms with Crippen LogP contribution in [-0.2, 0) is 6.42 Å². The summed E-state index contributed by atoms with van der Waals surface area (Å²) in [6.07, 6.45) is 0.800. The number of benzene rings is 1. The van der Waals surface area contributed by atoms with Gasteiger partial charge >= 0.3 is 0 Å². The molecule has 0 atom stereocenters. The lowest BCUT2D eigenvalue weighted by molar-refractivity contribution is 0.961. The highest BCUT2D eigenvalue weighted by Gasteiger charge is 2.07. The van der Waals surface area contributed by atoms with E-state index in [9.17, 15) is 0 Å². The van der Waals surface area contributed by atoms with Gasteiger partial charge in [-0.2, -0.15) is 16.4 Å². The predicted octanol–water partition coefficient (Wildman–Crippen LogP) is 3.94. The SMILES string of the molecule is Clc1nnc(Cc2ccsc2)c2ccccc12. The van der Waals surface area contributed by atoms with E-state index in [4.69, 9.17) is 11.6 Å². The summed E-state index contributed by atoms with van der Waals surface area (Å²) in [7, 11) is 0. The molecule has 0 radical (unpaired) electrons. The van der Waals surface area contributed by atoms with Gasteiger partial charge in [0.25, 0.3) is 0 Å². The molecule has 3 aromatic rings. The largest absolute Gasteiger partial charge is 0.159 e. The smallest absolute Gasteiger partial charge is 0.153 e. The maximum absolute atomic E-state index is 6.04. The minimum absolute atomic E-state index is 0.467. The van der Waals surface area contributed by atoms with Crippen molar-refractivity contribution in [1.29, 1.82) is 0 Å². The van der Waals surface area contributed by atoms with Crippen molar-refractivity contribution >= 4 is 33.7 Å². The van der Waals surface area contributed by atoms with Crippen molar-refractivity contribution < 1.29 is 0 Å². The molecule has 3 rings (SSSR count). The molecule has 2 nitrogen and oxygen atoms in total. The monoisotopic (exact) mass is 260 g/mol. The summed E-state index contributed by atoms with van der Waals surface area (Å²) in [6.45, 7) is 0. The van der Waals surface area contributed by atoms with Gasteiger partial charge in [-0.3, -0.25) is 0 Å². The Morgan fingerprint density at radius 2 is 1.88 bits per heavy atom. The number of fused-ring (bicyclic) bond motifs is 1. The third-order valence-corrected chi connectivity index (χ3v) is 3.68. The molecule has 0 saturated carbocycles. The van der Waals surface area contributed by atoms with Crippen LogP contribution in [0, 0.1) is 0 Å². The van der Waals surface area contributed by atoms with Gasteiger partial charge in [-0.1, -0.05) is 35.9 Å². The molecule has 0 spiro atoms. The quantitative estimate of drug-likeness (QED) is 0.698. The summed E-state index contributed by atoms with van der Waals surface area (Å²) >= 11 is 7.73. The summed E-state index contributed by atoms with van der Waals surface area (Å²) in [5, 5.41) is 14.9. The van der Waals surface area contributed by atoms with E-state index in [1.54, 1.807) is 11.3 Å². The molecule has 0 saturated heterocycles. The molecule has 0 N–H and O–H groups in total. The topological polar surface area (TPSA) is 25.8 Å². The number of rotatable bonds is 2. The van der Waals surface area contributed by atoms with Gasteiger partial charge in [0.15, 0.2) is 5.15 Å². The lowest BCUT2D eigenvalue weighted by Gasteiger charge is -2.04. The summed E-state index contributed by atoms with van der Waals surface area (Å²) in [5.74, 6) is 0. The zero-order valence-electron chi connectivity index (χ0n) is 8.93. The van der Waals surface area contributed by atoms with Crippen LogP contribution in [0.15, 0.2) is 41.1 Å². The van der Waals surface area contributed by atoms with Crippen LogP contribution in [0.1, 0.15) is 11.3 Å². The second-order valence-corrected chi connectivity index (χ2v) is 4.93. The Labute approximate surface area is 108 Å². The lowest BCUT2D eigenvalue weighted by atomic mass is 10.1. The Morgan fingerprint density at radius 1 is 1.06 bits per heavy atom. The van der Waals surface area contributed by atoms with E-state index in [2.05, 4.69) is 27.0 Å². The molecule has 2 aromatic heterocycles. The van der Waals surface area contributed by atoms with Crippen molar-refractivity contribution in [2.75, 3.05) is 0 Å². The highest BCUT2D eigenvalue weighted by molar-refractivity contribution is 7.07. The van der Waals surface area contributed by atoms with Gasteiger partial charge in [-0.25, -0.2) is 0 Å². The normalized spacial score (nSPS) is 10.9. The van der Waals surface area contributed by atoms with E-state index in [0.717, 1.165) is 22.9 Å². The fourth-order valence-electron chi connectivity index (χ4n) is 1.84. The van der Waals surface area contributed by atoms with Crippen LogP contribution in [-0.4, -0.2) is 10.2 Å². The van der Waals surface area contributed by atoms with E-state index < -0.39 is 0 Å². The summed E-state index contributed by atoms with van der Waals surface area (Å²) in [4.78, 5) is 0. The molecule has 0 aliphatic rings. The molecule has 0 fully saturated rings. The maximum atomic E-state index is 6.04. The van der Waals surface area contributed by atoms with Crippen molar-refractivity contribution in [3.8, 4) is 0 Å². The van der Waals surface area contributed by atoms with Crippen molar-refractivity contribution in [3.05, 3.63) is 57.5 Å². The van der Waals surface area contributed by atoms with Gasteiger partial charge in [0.05, 0.1) is 5.69 Å². The van der Waals surface area contributed by atoms with Crippen LogP contribution < -0.4 is 0 Å². The predicted molar refractivity (Wildman–Crippen MR) is 71.7 cm³/mol. The van der Waals surface area contributed by atoms with Crippen molar-refractivity contribution in [2.24, 2.45) is 0 Å². The van der Waals surface area contributed by atoms with Crippen LogP contribution >= 0.6 is 22.9 Å². The first-order chi connectivity index (χ1) is 8.34. The van der Waals surface area contributed by atoms with Crippen LogP contribution in [0.3, 0.4) is 0 Å². The summed E-state index contributed by atoms with van der Waals surface area (Å²) < 4.78 is 0. The van der Waals surface area contributed by atoms with E-state index in [-0.39, 0.29) is 0 Å². The number of aromatic nitrogens is 2. The Kier molecular flexibility index (Phi) is 2.79. The molecule has 0 unspecified atom stereocenters. The molecular formula is C13H9ClN2S. The molecule has 0 amide bonds. The Morgan fingerprint density at radius 3 is 2.65 bits per heavy atom. The first kappa shape index (κ1) is 10.7. The standard InChI is InChI=1S/C13H9ClN2S/c14-13-11-4-2-1-3-10(11)12(15-16-13)7-9-5-6-17-8-9/h1-6,8H,7H2. The van der Waals surface area contributed by atoms with Gasteiger partial charge < -0.3 is 0 Å². The first-order valence-electron chi connectivity index (χ1n) is 5.25. The molecule has 84 valence electrons. The molecule has 1 aromatic carbocycles. The van der Waals surface area contributed by atoms with Crippen molar-refractivity contribution in [1.82, 2.24) is 10.2 Å². The van der Waals surface area contributed by atoms with Crippen LogP contribution in [0.5, 0.6) is 0 Å².